The van der Waals surface area contributed by atoms with E-state index in [1.54, 1.807) is 41.3 Å². The van der Waals surface area contributed by atoms with Gasteiger partial charge in [-0.2, -0.15) is 5.10 Å². The van der Waals surface area contributed by atoms with Crippen LogP contribution in [0.5, 0.6) is 0 Å². The quantitative estimate of drug-likeness (QED) is 0.753. The van der Waals surface area contributed by atoms with Crippen LogP contribution in [0.25, 0.3) is 0 Å². The molecule has 2 aromatic carbocycles. The predicted molar refractivity (Wildman–Crippen MR) is 91.9 cm³/mol. The Morgan fingerprint density at radius 3 is 2.43 bits per heavy atom. The second-order valence-electron chi connectivity index (χ2n) is 5.00. The van der Waals surface area contributed by atoms with E-state index in [1.165, 1.54) is 0 Å². The number of hydrogen-bond acceptors (Lipinski definition) is 2. The zero-order valence-corrected chi connectivity index (χ0v) is 13.0. The average Bonchev–Trinajstić information content (AvgIpc) is 2.97. The molecule has 1 heterocycles. The highest BCUT2D eigenvalue weighted by Gasteiger charge is 2.05. The summed E-state index contributed by atoms with van der Waals surface area (Å²) in [6, 6.07) is 16.6. The first-order chi connectivity index (χ1) is 11.2. The third kappa shape index (κ3) is 4.34. The van der Waals surface area contributed by atoms with Gasteiger partial charge in [-0.25, -0.2) is 4.79 Å². The van der Waals surface area contributed by atoms with Crippen molar-refractivity contribution in [1.82, 2.24) is 9.78 Å². The van der Waals surface area contributed by atoms with Gasteiger partial charge in [-0.05, 0) is 29.8 Å². The van der Waals surface area contributed by atoms with E-state index in [1.807, 2.05) is 30.3 Å². The van der Waals surface area contributed by atoms with Gasteiger partial charge in [0.1, 0.15) is 0 Å². The zero-order chi connectivity index (χ0) is 16.1. The number of nitrogens with one attached hydrogen (secondary N) is 2. The topological polar surface area (TPSA) is 59.0 Å². The van der Waals surface area contributed by atoms with Crippen molar-refractivity contribution in [3.8, 4) is 0 Å². The maximum atomic E-state index is 11.9. The lowest BCUT2D eigenvalue weighted by atomic mass is 10.2. The van der Waals surface area contributed by atoms with Crippen molar-refractivity contribution in [2.75, 3.05) is 10.6 Å². The van der Waals surface area contributed by atoms with Crippen molar-refractivity contribution in [3.63, 3.8) is 0 Å². The molecule has 116 valence electrons. The second-order valence-corrected chi connectivity index (χ2v) is 5.43. The summed E-state index contributed by atoms with van der Waals surface area (Å²) in [5, 5.41) is 10.3. The number of benzene rings is 2. The molecule has 1 aromatic heterocycles. The summed E-state index contributed by atoms with van der Waals surface area (Å²) >= 11 is 5.81. The Morgan fingerprint density at radius 2 is 1.70 bits per heavy atom. The van der Waals surface area contributed by atoms with E-state index in [2.05, 4.69) is 15.7 Å². The molecule has 0 fully saturated rings. The van der Waals surface area contributed by atoms with Crippen molar-refractivity contribution >= 4 is 29.0 Å². The number of carbonyl (C=O) groups is 1. The van der Waals surface area contributed by atoms with Crippen LogP contribution in [-0.2, 0) is 6.54 Å². The van der Waals surface area contributed by atoms with Gasteiger partial charge in [-0.1, -0.05) is 41.9 Å². The SMILES string of the molecule is O=C(Nc1ccc(Cl)cc1)Nc1cnn(Cc2ccccc2)c1. The number of urea groups is 1. The largest absolute Gasteiger partial charge is 0.323 e. The lowest BCUT2D eigenvalue weighted by Crippen LogP contribution is -2.19. The molecule has 3 rings (SSSR count). The normalized spacial score (nSPS) is 10.3. The number of nitrogens with zero attached hydrogens (tertiary/aromatic N) is 2. The molecule has 5 nitrogen and oxygen atoms in total. The molecule has 0 saturated carbocycles. The summed E-state index contributed by atoms with van der Waals surface area (Å²) in [6.07, 6.45) is 3.40. The van der Waals surface area contributed by atoms with Crippen LogP contribution in [0.1, 0.15) is 5.56 Å². The van der Waals surface area contributed by atoms with Gasteiger partial charge in [0.2, 0.25) is 0 Å². The summed E-state index contributed by atoms with van der Waals surface area (Å²) in [6.45, 7) is 0.654. The molecule has 3 aromatic rings. The number of anilines is 2. The highest BCUT2D eigenvalue weighted by Crippen LogP contribution is 2.14. The van der Waals surface area contributed by atoms with Crippen molar-refractivity contribution in [2.45, 2.75) is 6.54 Å². The van der Waals surface area contributed by atoms with E-state index < -0.39 is 0 Å². The third-order valence-electron chi connectivity index (χ3n) is 3.18. The van der Waals surface area contributed by atoms with Crippen LogP contribution in [0.2, 0.25) is 5.02 Å². The smallest absolute Gasteiger partial charge is 0.308 e. The number of halogens is 1. The third-order valence-corrected chi connectivity index (χ3v) is 3.43. The summed E-state index contributed by atoms with van der Waals surface area (Å²) in [4.78, 5) is 11.9. The molecule has 0 saturated heterocycles. The zero-order valence-electron chi connectivity index (χ0n) is 12.2. The fourth-order valence-electron chi connectivity index (χ4n) is 2.11. The van der Waals surface area contributed by atoms with Gasteiger partial charge in [0.05, 0.1) is 18.4 Å². The minimum Gasteiger partial charge on any atom is -0.308 e. The molecule has 0 aliphatic carbocycles. The maximum absolute atomic E-state index is 11.9. The van der Waals surface area contributed by atoms with Crippen LogP contribution in [0.3, 0.4) is 0 Å². The molecule has 6 heteroatoms. The van der Waals surface area contributed by atoms with Crippen molar-refractivity contribution in [3.05, 3.63) is 77.6 Å². The Bertz CT molecular complexity index is 784. The first kappa shape index (κ1) is 15.1. The number of aromatic nitrogens is 2. The monoisotopic (exact) mass is 326 g/mol. The minimum atomic E-state index is -0.327. The number of amides is 2. The Balaban J connectivity index is 1.58. The molecule has 2 amide bonds. The Morgan fingerprint density at radius 1 is 1.00 bits per heavy atom. The Kier molecular flexibility index (Phi) is 4.59. The minimum absolute atomic E-state index is 0.327. The van der Waals surface area contributed by atoms with Gasteiger partial charge < -0.3 is 10.6 Å². The Labute approximate surface area is 138 Å². The maximum Gasteiger partial charge on any atom is 0.323 e. The fraction of sp³-hybridized carbons (Fsp3) is 0.0588. The first-order valence-corrected chi connectivity index (χ1v) is 7.47. The highest BCUT2D eigenvalue weighted by molar-refractivity contribution is 6.30. The van der Waals surface area contributed by atoms with Gasteiger partial charge in [0, 0.05) is 16.9 Å². The van der Waals surface area contributed by atoms with E-state index >= 15 is 0 Å². The molecule has 0 spiro atoms. The predicted octanol–water partition coefficient (Wildman–Crippen LogP) is 4.23. The lowest BCUT2D eigenvalue weighted by molar-refractivity contribution is 0.262. The van der Waals surface area contributed by atoms with Crippen LogP contribution < -0.4 is 10.6 Å². The van der Waals surface area contributed by atoms with Crippen LogP contribution in [0.15, 0.2) is 67.0 Å². The van der Waals surface area contributed by atoms with Crippen LogP contribution in [-0.4, -0.2) is 15.8 Å². The second kappa shape index (κ2) is 6.98. The molecule has 23 heavy (non-hydrogen) atoms. The average molecular weight is 327 g/mol. The summed E-state index contributed by atoms with van der Waals surface area (Å²) < 4.78 is 1.77. The summed E-state index contributed by atoms with van der Waals surface area (Å²) in [5.41, 5.74) is 2.45. The molecule has 0 aliphatic rings. The number of rotatable bonds is 4. The molecule has 2 N–H and O–H groups in total. The van der Waals surface area contributed by atoms with Gasteiger partial charge >= 0.3 is 6.03 Å². The standard InChI is InChI=1S/C17H15ClN4O/c18-14-6-8-15(9-7-14)20-17(23)21-16-10-19-22(12-16)11-13-4-2-1-3-5-13/h1-10,12H,11H2,(H2,20,21,23). The molecule has 0 bridgehead atoms. The molecule has 0 atom stereocenters. The highest BCUT2D eigenvalue weighted by atomic mass is 35.5. The van der Waals surface area contributed by atoms with E-state index in [0.717, 1.165) is 5.56 Å². The molecular weight excluding hydrogens is 312 g/mol. The van der Waals surface area contributed by atoms with Gasteiger partial charge in [-0.15, -0.1) is 0 Å². The summed E-state index contributed by atoms with van der Waals surface area (Å²) in [7, 11) is 0. The number of carbonyl (C=O) groups excluding carboxylic acids is 1. The fourth-order valence-corrected chi connectivity index (χ4v) is 2.24. The number of hydrogen-bond donors (Lipinski definition) is 2. The van der Waals surface area contributed by atoms with E-state index in [9.17, 15) is 4.79 Å². The van der Waals surface area contributed by atoms with Gasteiger partial charge in [0.25, 0.3) is 0 Å². The van der Waals surface area contributed by atoms with Crippen LogP contribution in [0, 0.1) is 0 Å². The molecule has 0 aliphatic heterocycles. The van der Waals surface area contributed by atoms with Gasteiger partial charge in [0.15, 0.2) is 0 Å². The van der Waals surface area contributed by atoms with Crippen LogP contribution in [0.4, 0.5) is 16.2 Å². The van der Waals surface area contributed by atoms with E-state index in [4.69, 9.17) is 11.6 Å². The lowest BCUT2D eigenvalue weighted by Gasteiger charge is -2.05. The van der Waals surface area contributed by atoms with Crippen LogP contribution >= 0.6 is 11.6 Å². The Hall–Kier alpha value is -2.79. The molecular formula is C17H15ClN4O. The van der Waals surface area contributed by atoms with E-state index in [-0.39, 0.29) is 6.03 Å². The van der Waals surface area contributed by atoms with Crippen molar-refractivity contribution in [2.24, 2.45) is 0 Å². The van der Waals surface area contributed by atoms with Gasteiger partial charge in [-0.3, -0.25) is 4.68 Å². The molecule has 0 radical (unpaired) electrons. The molecule has 0 unspecified atom stereocenters. The van der Waals surface area contributed by atoms with Crippen molar-refractivity contribution < 1.29 is 4.79 Å². The summed E-state index contributed by atoms with van der Waals surface area (Å²) in [5.74, 6) is 0. The van der Waals surface area contributed by atoms with Crippen molar-refractivity contribution in [1.29, 1.82) is 0 Å². The first-order valence-electron chi connectivity index (χ1n) is 7.09. The van der Waals surface area contributed by atoms with E-state index in [0.29, 0.717) is 22.9 Å².